The first-order valence-electron chi connectivity index (χ1n) is 7.66. The normalized spacial score (nSPS) is 10.5. The number of hydrogen-bond acceptors (Lipinski definition) is 5. The van der Waals surface area contributed by atoms with Gasteiger partial charge in [0, 0.05) is 32.4 Å². The Bertz CT molecular complexity index is 894. The molecule has 0 aliphatic heterocycles. The van der Waals surface area contributed by atoms with Crippen molar-refractivity contribution in [3.63, 3.8) is 0 Å². The number of benzene rings is 1. The summed E-state index contributed by atoms with van der Waals surface area (Å²) in [5, 5.41) is 3.34. The van der Waals surface area contributed by atoms with Gasteiger partial charge in [-0.3, -0.25) is 4.79 Å². The maximum Gasteiger partial charge on any atom is 0.263 e. The van der Waals surface area contributed by atoms with Crippen LogP contribution >= 0.6 is 11.3 Å². The summed E-state index contributed by atoms with van der Waals surface area (Å²) in [6.45, 7) is 0.384. The number of rotatable bonds is 5. The van der Waals surface area contributed by atoms with Gasteiger partial charge >= 0.3 is 0 Å². The summed E-state index contributed by atoms with van der Waals surface area (Å²) in [5.74, 6) is 0.242. The minimum atomic E-state index is -0.350. The van der Waals surface area contributed by atoms with Crippen LogP contribution in [-0.2, 0) is 6.54 Å². The van der Waals surface area contributed by atoms with E-state index in [1.54, 1.807) is 24.4 Å². The number of thiazole rings is 1. The monoisotopic (exact) mass is 356 g/mol. The third-order valence-electron chi connectivity index (χ3n) is 3.55. The van der Waals surface area contributed by atoms with E-state index in [4.69, 9.17) is 0 Å². The fraction of sp³-hybridized carbons (Fsp3) is 0.167. The average Bonchev–Trinajstić information content (AvgIpc) is 3.10. The van der Waals surface area contributed by atoms with E-state index in [9.17, 15) is 9.18 Å². The molecule has 0 saturated heterocycles. The van der Waals surface area contributed by atoms with Crippen LogP contribution in [0.4, 0.5) is 10.2 Å². The number of carbonyl (C=O) groups is 1. The van der Waals surface area contributed by atoms with Crippen molar-refractivity contribution in [1.82, 2.24) is 15.3 Å². The third-order valence-corrected chi connectivity index (χ3v) is 4.58. The number of carbonyl (C=O) groups excluding carboxylic acids is 1. The highest BCUT2D eigenvalue weighted by Crippen LogP contribution is 2.27. The molecule has 25 heavy (non-hydrogen) atoms. The number of aromatic nitrogens is 2. The van der Waals surface area contributed by atoms with Crippen molar-refractivity contribution < 1.29 is 9.18 Å². The number of nitrogens with zero attached hydrogens (tertiary/aromatic N) is 3. The molecule has 2 heterocycles. The molecule has 0 radical (unpaired) electrons. The van der Waals surface area contributed by atoms with Gasteiger partial charge in [-0.05, 0) is 29.8 Å². The van der Waals surface area contributed by atoms with Gasteiger partial charge in [-0.2, -0.15) is 0 Å². The van der Waals surface area contributed by atoms with E-state index >= 15 is 0 Å². The van der Waals surface area contributed by atoms with E-state index in [1.165, 1.54) is 23.6 Å². The molecular formula is C18H17FN4OS. The van der Waals surface area contributed by atoms with Crippen molar-refractivity contribution in [3.8, 4) is 10.6 Å². The topological polar surface area (TPSA) is 58.1 Å². The molecule has 0 fully saturated rings. The largest absolute Gasteiger partial charge is 0.363 e. The zero-order chi connectivity index (χ0) is 17.8. The Morgan fingerprint density at radius 2 is 2.04 bits per heavy atom. The van der Waals surface area contributed by atoms with Gasteiger partial charge in [0.05, 0.1) is 6.20 Å². The smallest absolute Gasteiger partial charge is 0.263 e. The number of amides is 1. The van der Waals surface area contributed by atoms with Crippen LogP contribution in [0.15, 0.2) is 48.8 Å². The van der Waals surface area contributed by atoms with Gasteiger partial charge in [0.15, 0.2) is 0 Å². The summed E-state index contributed by atoms with van der Waals surface area (Å²) in [7, 11) is 3.82. The maximum absolute atomic E-state index is 13.8. The second kappa shape index (κ2) is 7.40. The fourth-order valence-corrected chi connectivity index (χ4v) is 3.08. The molecule has 3 rings (SSSR count). The SMILES string of the molecule is CN(C)c1cc(CNC(=O)c2cnc(-c3ccccc3F)s2)ccn1. The highest BCUT2D eigenvalue weighted by Gasteiger charge is 2.14. The van der Waals surface area contributed by atoms with E-state index in [2.05, 4.69) is 15.3 Å². The standard InChI is InChI=1S/C18H17FN4OS/c1-23(2)16-9-12(7-8-20-16)10-21-17(24)15-11-22-18(25-15)13-5-3-4-6-14(13)19/h3-9,11H,10H2,1-2H3,(H,21,24). The van der Waals surface area contributed by atoms with Crippen LogP contribution in [0.25, 0.3) is 10.6 Å². The first-order chi connectivity index (χ1) is 12.0. The number of hydrogen-bond donors (Lipinski definition) is 1. The minimum absolute atomic E-state index is 0.233. The predicted octanol–water partition coefficient (Wildman–Crippen LogP) is 3.34. The Morgan fingerprint density at radius 1 is 1.24 bits per heavy atom. The van der Waals surface area contributed by atoms with Crippen LogP contribution < -0.4 is 10.2 Å². The summed E-state index contributed by atoms with van der Waals surface area (Å²) in [4.78, 5) is 23.0. The number of halogens is 1. The molecule has 0 aliphatic carbocycles. The van der Waals surface area contributed by atoms with E-state index in [0.29, 0.717) is 22.0 Å². The summed E-state index contributed by atoms with van der Waals surface area (Å²) in [6, 6.07) is 10.2. The summed E-state index contributed by atoms with van der Waals surface area (Å²) < 4.78 is 13.8. The van der Waals surface area contributed by atoms with Crippen molar-refractivity contribution in [2.75, 3.05) is 19.0 Å². The Morgan fingerprint density at radius 3 is 2.80 bits per heavy atom. The van der Waals surface area contributed by atoms with Gasteiger partial charge in [-0.25, -0.2) is 14.4 Å². The molecule has 2 aromatic heterocycles. The lowest BCUT2D eigenvalue weighted by Crippen LogP contribution is -2.22. The molecule has 0 saturated carbocycles. The number of anilines is 1. The van der Waals surface area contributed by atoms with Crippen LogP contribution in [0.5, 0.6) is 0 Å². The van der Waals surface area contributed by atoms with E-state index in [-0.39, 0.29) is 11.7 Å². The minimum Gasteiger partial charge on any atom is -0.363 e. The van der Waals surface area contributed by atoms with E-state index < -0.39 is 0 Å². The molecule has 5 nitrogen and oxygen atoms in total. The lowest BCUT2D eigenvalue weighted by atomic mass is 10.2. The summed E-state index contributed by atoms with van der Waals surface area (Å²) in [6.07, 6.45) is 3.18. The Balaban J connectivity index is 1.68. The molecule has 0 unspecified atom stereocenters. The lowest BCUT2D eigenvalue weighted by molar-refractivity contribution is 0.0954. The zero-order valence-corrected chi connectivity index (χ0v) is 14.7. The molecule has 128 valence electrons. The Labute approximate surface area is 149 Å². The second-order valence-corrected chi connectivity index (χ2v) is 6.64. The predicted molar refractivity (Wildman–Crippen MR) is 97.2 cm³/mol. The quantitative estimate of drug-likeness (QED) is 0.762. The first kappa shape index (κ1) is 17.0. The van der Waals surface area contributed by atoms with Crippen molar-refractivity contribution in [2.45, 2.75) is 6.54 Å². The van der Waals surface area contributed by atoms with Crippen molar-refractivity contribution in [1.29, 1.82) is 0 Å². The van der Waals surface area contributed by atoms with Crippen LogP contribution in [-0.4, -0.2) is 30.0 Å². The van der Waals surface area contributed by atoms with Crippen LogP contribution in [0.1, 0.15) is 15.2 Å². The van der Waals surface area contributed by atoms with E-state index in [0.717, 1.165) is 11.4 Å². The highest BCUT2D eigenvalue weighted by molar-refractivity contribution is 7.16. The summed E-state index contributed by atoms with van der Waals surface area (Å²) in [5.41, 5.74) is 1.35. The Kier molecular flexibility index (Phi) is 5.04. The number of nitrogens with one attached hydrogen (secondary N) is 1. The zero-order valence-electron chi connectivity index (χ0n) is 13.9. The molecule has 1 N–H and O–H groups in total. The van der Waals surface area contributed by atoms with Gasteiger partial charge in [0.2, 0.25) is 0 Å². The summed E-state index contributed by atoms with van der Waals surface area (Å²) >= 11 is 1.17. The van der Waals surface area contributed by atoms with Gasteiger partial charge in [-0.1, -0.05) is 12.1 Å². The van der Waals surface area contributed by atoms with Gasteiger partial charge in [-0.15, -0.1) is 11.3 Å². The van der Waals surface area contributed by atoms with E-state index in [1.807, 2.05) is 31.1 Å². The second-order valence-electron chi connectivity index (χ2n) is 5.61. The maximum atomic E-state index is 13.8. The Hall–Kier alpha value is -2.80. The molecule has 0 aliphatic rings. The van der Waals surface area contributed by atoms with Gasteiger partial charge in [0.1, 0.15) is 21.5 Å². The first-order valence-corrected chi connectivity index (χ1v) is 8.47. The molecule has 3 aromatic rings. The average molecular weight is 356 g/mol. The molecule has 1 aromatic carbocycles. The third kappa shape index (κ3) is 4.00. The van der Waals surface area contributed by atoms with Crippen LogP contribution in [0, 0.1) is 5.82 Å². The highest BCUT2D eigenvalue weighted by atomic mass is 32.1. The molecule has 0 bridgehead atoms. The molecular weight excluding hydrogens is 339 g/mol. The van der Waals surface area contributed by atoms with Crippen molar-refractivity contribution >= 4 is 23.1 Å². The molecule has 7 heteroatoms. The van der Waals surface area contributed by atoms with Gasteiger partial charge in [0.25, 0.3) is 5.91 Å². The number of pyridine rings is 1. The molecule has 0 atom stereocenters. The fourth-order valence-electron chi connectivity index (χ4n) is 2.22. The molecule has 0 spiro atoms. The van der Waals surface area contributed by atoms with Crippen LogP contribution in [0.3, 0.4) is 0 Å². The molecule has 1 amide bonds. The lowest BCUT2D eigenvalue weighted by Gasteiger charge is -2.12. The van der Waals surface area contributed by atoms with Gasteiger partial charge < -0.3 is 10.2 Å². The van der Waals surface area contributed by atoms with Crippen molar-refractivity contribution in [2.24, 2.45) is 0 Å². The van der Waals surface area contributed by atoms with Crippen LogP contribution in [0.2, 0.25) is 0 Å². The van der Waals surface area contributed by atoms with Crippen molar-refractivity contribution in [3.05, 3.63) is 65.0 Å².